The second kappa shape index (κ2) is 5.14. The van der Waals surface area contributed by atoms with E-state index in [1.807, 2.05) is 25.5 Å². The molecule has 2 aromatic heterocycles. The van der Waals surface area contributed by atoms with Crippen LogP contribution in [0.25, 0.3) is 11.2 Å². The summed E-state index contributed by atoms with van der Waals surface area (Å²) in [7, 11) is 3.52. The number of hydrogen-bond acceptors (Lipinski definition) is 5. The molecule has 0 spiro atoms. The number of imidazole rings is 1. The van der Waals surface area contributed by atoms with Gasteiger partial charge in [0.05, 0.1) is 20.0 Å². The Balaban J connectivity index is 2.42. The predicted molar refractivity (Wildman–Crippen MR) is 70.1 cm³/mol. The molecule has 0 saturated heterocycles. The molecule has 0 unspecified atom stereocenters. The van der Waals surface area contributed by atoms with Gasteiger partial charge in [0.15, 0.2) is 17.0 Å². The summed E-state index contributed by atoms with van der Waals surface area (Å²) >= 11 is 0. The largest absolute Gasteiger partial charge is 0.318 e. The van der Waals surface area contributed by atoms with Gasteiger partial charge in [-0.25, -0.2) is 20.0 Å². The van der Waals surface area contributed by atoms with Crippen molar-refractivity contribution < 1.29 is 4.84 Å². The molecule has 0 atom stereocenters. The van der Waals surface area contributed by atoms with Gasteiger partial charge in [-0.05, 0) is 13.8 Å². The first-order chi connectivity index (χ1) is 8.63. The zero-order valence-electron chi connectivity index (χ0n) is 11.1. The molecule has 0 saturated carbocycles. The fourth-order valence-electron chi connectivity index (χ4n) is 1.63. The summed E-state index contributed by atoms with van der Waals surface area (Å²) in [6.45, 7) is 4.72. The summed E-state index contributed by atoms with van der Waals surface area (Å²) in [5, 5.41) is 1.70. The van der Waals surface area contributed by atoms with Crippen LogP contribution in [0.1, 0.15) is 13.8 Å². The molecular weight excluding hydrogens is 230 g/mol. The van der Waals surface area contributed by atoms with Crippen LogP contribution in [0.5, 0.6) is 0 Å². The topological polar surface area (TPSA) is 56.1 Å². The lowest BCUT2D eigenvalue weighted by Crippen LogP contribution is -2.23. The van der Waals surface area contributed by atoms with Crippen LogP contribution in [0.4, 0.5) is 5.82 Å². The third-order valence-electron chi connectivity index (χ3n) is 2.60. The van der Waals surface area contributed by atoms with Crippen molar-refractivity contribution in [2.45, 2.75) is 13.8 Å². The first kappa shape index (κ1) is 12.5. The maximum atomic E-state index is 5.35. The summed E-state index contributed by atoms with van der Waals surface area (Å²) in [5.41, 5.74) is 2.76. The smallest absolute Gasteiger partial charge is 0.184 e. The lowest BCUT2D eigenvalue weighted by Gasteiger charge is -2.19. The van der Waals surface area contributed by atoms with Gasteiger partial charge >= 0.3 is 0 Å². The molecule has 6 nitrogen and oxygen atoms in total. The summed E-state index contributed by atoms with van der Waals surface area (Å²) in [4.78, 5) is 18.1. The fourth-order valence-corrected chi connectivity index (χ4v) is 1.63. The second-order valence-electron chi connectivity index (χ2n) is 4.25. The van der Waals surface area contributed by atoms with Gasteiger partial charge < -0.3 is 4.57 Å². The Labute approximate surface area is 106 Å². The van der Waals surface area contributed by atoms with Crippen LogP contribution in [-0.2, 0) is 11.9 Å². The highest BCUT2D eigenvalue weighted by atomic mass is 16.7. The van der Waals surface area contributed by atoms with Gasteiger partial charge in [-0.2, -0.15) is 0 Å². The van der Waals surface area contributed by atoms with E-state index in [-0.39, 0.29) is 0 Å². The molecule has 6 heteroatoms. The van der Waals surface area contributed by atoms with E-state index >= 15 is 0 Å². The SMILES string of the molecule is CON(CC=C(C)C)c1ncnc2c1ncn2C. The number of rotatable bonds is 4. The quantitative estimate of drug-likeness (QED) is 0.608. The van der Waals surface area contributed by atoms with E-state index in [1.165, 1.54) is 11.9 Å². The minimum Gasteiger partial charge on any atom is -0.318 e. The molecule has 96 valence electrons. The lowest BCUT2D eigenvalue weighted by molar-refractivity contribution is 0.173. The zero-order valence-corrected chi connectivity index (χ0v) is 11.1. The average Bonchev–Trinajstić information content (AvgIpc) is 2.73. The monoisotopic (exact) mass is 247 g/mol. The minimum atomic E-state index is 0.627. The van der Waals surface area contributed by atoms with E-state index in [2.05, 4.69) is 21.0 Å². The average molecular weight is 247 g/mol. The highest BCUT2D eigenvalue weighted by Crippen LogP contribution is 2.20. The van der Waals surface area contributed by atoms with Crippen LogP contribution in [-0.4, -0.2) is 33.2 Å². The highest BCUT2D eigenvalue weighted by Gasteiger charge is 2.14. The Hall–Kier alpha value is -1.95. The third-order valence-corrected chi connectivity index (χ3v) is 2.60. The molecule has 0 aliphatic heterocycles. The Morgan fingerprint density at radius 3 is 2.83 bits per heavy atom. The van der Waals surface area contributed by atoms with Crippen molar-refractivity contribution in [1.82, 2.24) is 19.5 Å². The Morgan fingerprint density at radius 1 is 1.39 bits per heavy atom. The predicted octanol–water partition coefficient (Wildman–Crippen LogP) is 1.70. The zero-order chi connectivity index (χ0) is 13.1. The van der Waals surface area contributed by atoms with Crippen LogP contribution in [0.15, 0.2) is 24.3 Å². The standard InChI is InChI=1S/C12H17N5O/c1-9(2)5-6-17(18-4)12-10-11(13-7-14-12)16(3)8-15-10/h5,7-8H,6H2,1-4H3. The maximum absolute atomic E-state index is 5.35. The first-order valence-corrected chi connectivity index (χ1v) is 5.70. The van der Waals surface area contributed by atoms with Crippen molar-refractivity contribution in [3.8, 4) is 0 Å². The summed E-state index contributed by atoms with van der Waals surface area (Å²) < 4.78 is 1.86. The van der Waals surface area contributed by atoms with E-state index in [4.69, 9.17) is 4.84 Å². The lowest BCUT2D eigenvalue weighted by atomic mass is 10.3. The number of allylic oxidation sites excluding steroid dienone is 1. The molecule has 18 heavy (non-hydrogen) atoms. The molecule has 2 rings (SSSR count). The van der Waals surface area contributed by atoms with Gasteiger partial charge in [0.2, 0.25) is 0 Å². The first-order valence-electron chi connectivity index (χ1n) is 5.70. The van der Waals surface area contributed by atoms with Crippen molar-refractivity contribution in [1.29, 1.82) is 0 Å². The van der Waals surface area contributed by atoms with Gasteiger partial charge in [-0.3, -0.25) is 4.84 Å². The van der Waals surface area contributed by atoms with Gasteiger partial charge in [-0.15, -0.1) is 0 Å². The van der Waals surface area contributed by atoms with Crippen LogP contribution in [0, 0.1) is 0 Å². The van der Waals surface area contributed by atoms with Crippen molar-refractivity contribution in [2.24, 2.45) is 7.05 Å². The Morgan fingerprint density at radius 2 is 2.17 bits per heavy atom. The summed E-state index contributed by atoms with van der Waals surface area (Å²) in [6.07, 6.45) is 5.31. The molecule has 0 N–H and O–H groups in total. The van der Waals surface area contributed by atoms with E-state index < -0.39 is 0 Å². The van der Waals surface area contributed by atoms with E-state index in [9.17, 15) is 0 Å². The van der Waals surface area contributed by atoms with Crippen molar-refractivity contribution >= 4 is 17.0 Å². The molecule has 2 aromatic rings. The van der Waals surface area contributed by atoms with Crippen molar-refractivity contribution in [2.75, 3.05) is 18.7 Å². The third kappa shape index (κ3) is 2.33. The highest BCUT2D eigenvalue weighted by molar-refractivity contribution is 5.82. The molecule has 0 aromatic carbocycles. The molecular formula is C12H17N5O. The van der Waals surface area contributed by atoms with Gasteiger partial charge in [0.25, 0.3) is 0 Å². The molecule has 2 heterocycles. The number of hydroxylamine groups is 1. The van der Waals surface area contributed by atoms with Crippen LogP contribution < -0.4 is 5.06 Å². The second-order valence-corrected chi connectivity index (χ2v) is 4.25. The number of aromatic nitrogens is 4. The van der Waals surface area contributed by atoms with Crippen molar-refractivity contribution in [3.05, 3.63) is 24.3 Å². The number of nitrogens with zero attached hydrogens (tertiary/aromatic N) is 5. The van der Waals surface area contributed by atoms with Crippen molar-refractivity contribution in [3.63, 3.8) is 0 Å². The van der Waals surface area contributed by atoms with Gasteiger partial charge in [-0.1, -0.05) is 11.6 Å². The van der Waals surface area contributed by atoms with E-state index in [1.54, 1.807) is 18.5 Å². The van der Waals surface area contributed by atoms with Gasteiger partial charge in [0.1, 0.15) is 6.33 Å². The maximum Gasteiger partial charge on any atom is 0.184 e. The summed E-state index contributed by atoms with van der Waals surface area (Å²) in [6, 6.07) is 0. The van der Waals surface area contributed by atoms with Crippen LogP contribution >= 0.6 is 0 Å². The fraction of sp³-hybridized carbons (Fsp3) is 0.417. The Kier molecular flexibility index (Phi) is 3.57. The number of fused-ring (bicyclic) bond motifs is 1. The van der Waals surface area contributed by atoms with Crippen LogP contribution in [0.2, 0.25) is 0 Å². The normalized spacial score (nSPS) is 10.7. The van der Waals surface area contributed by atoms with Gasteiger partial charge in [0, 0.05) is 7.05 Å². The molecule has 0 fully saturated rings. The summed E-state index contributed by atoms with van der Waals surface area (Å²) in [5.74, 6) is 0.681. The Bertz CT molecular complexity index is 571. The number of anilines is 1. The molecule has 0 amide bonds. The number of aryl methyl sites for hydroxylation is 1. The molecule has 0 radical (unpaired) electrons. The molecule has 0 aliphatic carbocycles. The van der Waals surface area contributed by atoms with Crippen LogP contribution in [0.3, 0.4) is 0 Å². The van der Waals surface area contributed by atoms with E-state index in [0.29, 0.717) is 12.4 Å². The van der Waals surface area contributed by atoms with E-state index in [0.717, 1.165) is 11.2 Å². The molecule has 0 aliphatic rings. The molecule has 0 bridgehead atoms. The minimum absolute atomic E-state index is 0.627. The number of hydrogen-bond donors (Lipinski definition) is 0.